The Hall–Kier alpha value is -3.64. The predicted octanol–water partition coefficient (Wildman–Crippen LogP) is 5.68. The van der Waals surface area contributed by atoms with E-state index in [9.17, 15) is 19.1 Å². The molecule has 0 aliphatic carbocycles. The lowest BCUT2D eigenvalue weighted by molar-refractivity contribution is -0.132. The zero-order valence-electron chi connectivity index (χ0n) is 18.0. The Balaban J connectivity index is 1.97. The van der Waals surface area contributed by atoms with E-state index in [1.165, 1.54) is 24.1 Å². The number of methoxy groups -OCH3 is 1. The van der Waals surface area contributed by atoms with Crippen LogP contribution < -0.4 is 9.64 Å². The number of Topliss-reactive ketones (excluding diaryl/α,β-unsaturated/α-hetero) is 1. The number of rotatable bonds is 5. The van der Waals surface area contributed by atoms with Gasteiger partial charge < -0.3 is 9.84 Å². The van der Waals surface area contributed by atoms with Gasteiger partial charge >= 0.3 is 0 Å². The number of aryl methyl sites for hydroxylation is 1. The SMILES string of the molecule is CCc1ccc(/C(O)=C2\C(=O)C(=O)N(c3ccc(F)c(Cl)c3)C2c2ccccc2OC)cc1. The van der Waals surface area contributed by atoms with Gasteiger partial charge in [0.15, 0.2) is 0 Å². The Morgan fingerprint density at radius 1 is 1.09 bits per heavy atom. The van der Waals surface area contributed by atoms with E-state index in [1.807, 2.05) is 19.1 Å². The van der Waals surface area contributed by atoms with Crippen LogP contribution >= 0.6 is 11.6 Å². The molecule has 1 amide bonds. The molecule has 1 saturated heterocycles. The van der Waals surface area contributed by atoms with E-state index in [2.05, 4.69) is 0 Å². The van der Waals surface area contributed by atoms with Crippen LogP contribution in [0.25, 0.3) is 5.76 Å². The molecular formula is C26H21ClFNO4. The standard InChI is InChI=1S/C26H21ClFNO4/c1-3-15-8-10-16(11-9-15)24(30)22-23(18-6-4-5-7-21(18)33-2)29(26(32)25(22)31)17-12-13-20(28)19(27)14-17/h4-14,23,30H,3H2,1-2H3/b24-22+. The number of nitrogens with zero attached hydrogens (tertiary/aromatic N) is 1. The van der Waals surface area contributed by atoms with Crippen molar-refractivity contribution in [1.82, 2.24) is 0 Å². The van der Waals surface area contributed by atoms with Gasteiger partial charge in [0.1, 0.15) is 17.3 Å². The van der Waals surface area contributed by atoms with Crippen LogP contribution in [0.5, 0.6) is 5.75 Å². The first kappa shape index (κ1) is 22.6. The number of para-hydroxylation sites is 1. The van der Waals surface area contributed by atoms with Gasteiger partial charge in [-0.15, -0.1) is 0 Å². The Labute approximate surface area is 195 Å². The molecule has 7 heteroatoms. The third kappa shape index (κ3) is 3.98. The number of hydrogen-bond acceptors (Lipinski definition) is 4. The van der Waals surface area contributed by atoms with Crippen LogP contribution in [0.2, 0.25) is 5.02 Å². The Kier molecular flexibility index (Phi) is 6.20. The van der Waals surface area contributed by atoms with Crippen molar-refractivity contribution in [2.45, 2.75) is 19.4 Å². The van der Waals surface area contributed by atoms with Crippen LogP contribution in [0.4, 0.5) is 10.1 Å². The van der Waals surface area contributed by atoms with Crippen LogP contribution in [0, 0.1) is 5.82 Å². The first-order valence-corrected chi connectivity index (χ1v) is 10.7. The molecule has 1 heterocycles. The highest BCUT2D eigenvalue weighted by atomic mass is 35.5. The van der Waals surface area contributed by atoms with Crippen molar-refractivity contribution in [2.75, 3.05) is 12.0 Å². The van der Waals surface area contributed by atoms with E-state index >= 15 is 0 Å². The maximum atomic E-state index is 13.8. The summed E-state index contributed by atoms with van der Waals surface area (Å²) in [6.45, 7) is 2.01. The molecule has 0 spiro atoms. The van der Waals surface area contributed by atoms with E-state index in [4.69, 9.17) is 16.3 Å². The molecule has 0 radical (unpaired) electrons. The average molecular weight is 466 g/mol. The fourth-order valence-electron chi connectivity index (χ4n) is 3.97. The number of amides is 1. The van der Waals surface area contributed by atoms with Crippen molar-refractivity contribution >= 4 is 34.7 Å². The average Bonchev–Trinajstić information content (AvgIpc) is 3.10. The molecule has 0 saturated carbocycles. The third-order valence-corrected chi connectivity index (χ3v) is 5.98. The molecule has 0 aromatic heterocycles. The number of halogens is 2. The quantitative estimate of drug-likeness (QED) is 0.299. The van der Waals surface area contributed by atoms with Crippen LogP contribution in [0.3, 0.4) is 0 Å². The molecule has 5 nitrogen and oxygen atoms in total. The maximum Gasteiger partial charge on any atom is 0.300 e. The van der Waals surface area contributed by atoms with Crippen molar-refractivity contribution in [3.05, 3.63) is 99.8 Å². The van der Waals surface area contributed by atoms with Crippen molar-refractivity contribution in [2.24, 2.45) is 0 Å². The number of carbonyl (C=O) groups excluding carboxylic acids is 2. The molecule has 0 bridgehead atoms. The van der Waals surface area contributed by atoms with Gasteiger partial charge in [0.25, 0.3) is 11.7 Å². The maximum absolute atomic E-state index is 13.8. The largest absolute Gasteiger partial charge is 0.507 e. The van der Waals surface area contributed by atoms with Gasteiger partial charge in [-0.05, 0) is 36.2 Å². The van der Waals surface area contributed by atoms with Crippen molar-refractivity contribution in [3.8, 4) is 5.75 Å². The molecule has 33 heavy (non-hydrogen) atoms. The summed E-state index contributed by atoms with van der Waals surface area (Å²) in [5, 5.41) is 11.0. The second-order valence-electron chi connectivity index (χ2n) is 7.56. The van der Waals surface area contributed by atoms with Gasteiger partial charge in [-0.25, -0.2) is 4.39 Å². The molecule has 1 unspecified atom stereocenters. The number of ether oxygens (including phenoxy) is 1. The second-order valence-corrected chi connectivity index (χ2v) is 7.97. The molecule has 1 fully saturated rings. The summed E-state index contributed by atoms with van der Waals surface area (Å²) in [6, 6.07) is 16.8. The molecule has 3 aromatic carbocycles. The smallest absolute Gasteiger partial charge is 0.300 e. The van der Waals surface area contributed by atoms with Gasteiger partial charge in [-0.2, -0.15) is 0 Å². The third-order valence-electron chi connectivity index (χ3n) is 5.69. The zero-order chi connectivity index (χ0) is 23.7. The van der Waals surface area contributed by atoms with Crippen molar-refractivity contribution < 1.29 is 23.8 Å². The second kappa shape index (κ2) is 9.08. The Bertz CT molecular complexity index is 1270. The van der Waals surface area contributed by atoms with Crippen LogP contribution in [-0.2, 0) is 16.0 Å². The van der Waals surface area contributed by atoms with Crippen LogP contribution in [0.1, 0.15) is 29.7 Å². The number of hydrogen-bond donors (Lipinski definition) is 1. The molecule has 168 valence electrons. The summed E-state index contributed by atoms with van der Waals surface area (Å²) in [7, 11) is 1.48. The van der Waals surface area contributed by atoms with E-state index in [0.29, 0.717) is 16.9 Å². The molecule has 1 N–H and O–H groups in total. The van der Waals surface area contributed by atoms with Gasteiger partial charge in [0.05, 0.1) is 23.7 Å². The minimum absolute atomic E-state index is 0.0887. The summed E-state index contributed by atoms with van der Waals surface area (Å²) < 4.78 is 19.3. The monoisotopic (exact) mass is 465 g/mol. The lowest BCUT2D eigenvalue weighted by Gasteiger charge is -2.26. The number of benzene rings is 3. The molecule has 4 rings (SSSR count). The molecule has 1 atom stereocenters. The van der Waals surface area contributed by atoms with Gasteiger partial charge in [0, 0.05) is 16.8 Å². The molecule has 1 aliphatic rings. The van der Waals surface area contributed by atoms with Gasteiger partial charge in [-0.3, -0.25) is 14.5 Å². The van der Waals surface area contributed by atoms with Crippen LogP contribution in [-0.4, -0.2) is 23.9 Å². The predicted molar refractivity (Wildman–Crippen MR) is 125 cm³/mol. The lowest BCUT2D eigenvalue weighted by Crippen LogP contribution is -2.29. The van der Waals surface area contributed by atoms with Gasteiger partial charge in [0.2, 0.25) is 0 Å². The number of aliphatic hydroxyl groups excluding tert-OH is 1. The minimum Gasteiger partial charge on any atom is -0.507 e. The molecule has 3 aromatic rings. The van der Waals surface area contributed by atoms with Gasteiger partial charge in [-0.1, -0.05) is 61.0 Å². The van der Waals surface area contributed by atoms with E-state index < -0.39 is 23.5 Å². The zero-order valence-corrected chi connectivity index (χ0v) is 18.8. The first-order valence-electron chi connectivity index (χ1n) is 10.4. The summed E-state index contributed by atoms with van der Waals surface area (Å²) in [5.74, 6) is -2.25. The van der Waals surface area contributed by atoms with E-state index in [1.54, 1.807) is 36.4 Å². The number of aliphatic hydroxyl groups is 1. The minimum atomic E-state index is -1.01. The Morgan fingerprint density at radius 2 is 1.79 bits per heavy atom. The fourth-order valence-corrected chi connectivity index (χ4v) is 4.15. The fraction of sp³-hybridized carbons (Fsp3) is 0.154. The summed E-state index contributed by atoms with van der Waals surface area (Å²) in [4.78, 5) is 27.6. The highest BCUT2D eigenvalue weighted by Crippen LogP contribution is 2.45. The Morgan fingerprint density at radius 3 is 2.42 bits per heavy atom. The van der Waals surface area contributed by atoms with Crippen LogP contribution in [0.15, 0.2) is 72.3 Å². The highest BCUT2D eigenvalue weighted by Gasteiger charge is 2.48. The summed E-state index contributed by atoms with van der Waals surface area (Å²) in [6.07, 6.45) is 0.817. The van der Waals surface area contributed by atoms with Crippen molar-refractivity contribution in [1.29, 1.82) is 0 Å². The normalized spacial score (nSPS) is 17.5. The highest BCUT2D eigenvalue weighted by molar-refractivity contribution is 6.51. The lowest BCUT2D eigenvalue weighted by atomic mass is 9.94. The van der Waals surface area contributed by atoms with E-state index in [0.717, 1.165) is 18.1 Å². The van der Waals surface area contributed by atoms with Crippen molar-refractivity contribution in [3.63, 3.8) is 0 Å². The number of anilines is 1. The first-order chi connectivity index (χ1) is 15.9. The number of ketones is 1. The topological polar surface area (TPSA) is 66.8 Å². The summed E-state index contributed by atoms with van der Waals surface area (Å²) in [5.41, 5.74) is 2.09. The van der Waals surface area contributed by atoms with E-state index in [-0.39, 0.29) is 22.0 Å². The number of carbonyl (C=O) groups is 2. The summed E-state index contributed by atoms with van der Waals surface area (Å²) >= 11 is 5.97. The molecule has 1 aliphatic heterocycles. The molecular weight excluding hydrogens is 445 g/mol.